The normalized spacial score (nSPS) is 11.1. The van der Waals surface area contributed by atoms with Crippen LogP contribution in [-0.4, -0.2) is 15.0 Å². The van der Waals surface area contributed by atoms with E-state index in [0.29, 0.717) is 24.0 Å². The van der Waals surface area contributed by atoms with Gasteiger partial charge in [0.1, 0.15) is 5.82 Å². The summed E-state index contributed by atoms with van der Waals surface area (Å²) in [6.07, 6.45) is 1.79. The average molecular weight is 369 g/mol. The molecule has 0 amide bonds. The summed E-state index contributed by atoms with van der Waals surface area (Å²) >= 11 is 0. The minimum Gasteiger partial charge on any atom is -0.399 e. The highest BCUT2D eigenvalue weighted by atomic mass is 15.0. The summed E-state index contributed by atoms with van der Waals surface area (Å²) in [7, 11) is 0. The summed E-state index contributed by atoms with van der Waals surface area (Å²) < 4.78 is 0. The van der Waals surface area contributed by atoms with Crippen molar-refractivity contribution in [3.8, 4) is 11.4 Å². The van der Waals surface area contributed by atoms with Crippen molar-refractivity contribution in [3.05, 3.63) is 78.1 Å². The molecule has 2 aromatic heterocycles. The Morgan fingerprint density at radius 3 is 2.57 bits per heavy atom. The molecule has 5 heteroatoms. The quantitative estimate of drug-likeness (QED) is 0.484. The van der Waals surface area contributed by atoms with Gasteiger partial charge in [-0.2, -0.15) is 0 Å². The van der Waals surface area contributed by atoms with Crippen LogP contribution in [0, 0.1) is 0 Å². The van der Waals surface area contributed by atoms with Gasteiger partial charge in [-0.15, -0.1) is 0 Å². The van der Waals surface area contributed by atoms with Crippen LogP contribution in [-0.2, 0) is 6.54 Å². The number of nitrogens with two attached hydrogens (primary N) is 1. The second-order valence-electron chi connectivity index (χ2n) is 7.09. The largest absolute Gasteiger partial charge is 0.399 e. The van der Waals surface area contributed by atoms with Crippen LogP contribution in [0.5, 0.6) is 0 Å². The topological polar surface area (TPSA) is 76.7 Å². The van der Waals surface area contributed by atoms with Crippen molar-refractivity contribution in [3.63, 3.8) is 0 Å². The average Bonchev–Trinajstić information content (AvgIpc) is 2.72. The van der Waals surface area contributed by atoms with Crippen LogP contribution in [0.25, 0.3) is 22.3 Å². The smallest absolute Gasteiger partial charge is 0.162 e. The molecule has 140 valence electrons. The predicted molar refractivity (Wildman–Crippen MR) is 115 cm³/mol. The zero-order valence-corrected chi connectivity index (χ0v) is 16.1. The van der Waals surface area contributed by atoms with E-state index in [1.54, 1.807) is 6.20 Å². The van der Waals surface area contributed by atoms with Crippen molar-refractivity contribution in [2.75, 3.05) is 11.1 Å². The molecule has 3 N–H and O–H groups in total. The molecule has 0 aliphatic rings. The monoisotopic (exact) mass is 369 g/mol. The Balaban J connectivity index is 1.82. The van der Waals surface area contributed by atoms with Gasteiger partial charge in [-0.1, -0.05) is 44.2 Å². The Morgan fingerprint density at radius 2 is 1.79 bits per heavy atom. The lowest BCUT2D eigenvalue weighted by atomic mass is 9.97. The van der Waals surface area contributed by atoms with Gasteiger partial charge in [0.15, 0.2) is 5.82 Å². The van der Waals surface area contributed by atoms with Gasteiger partial charge in [0.2, 0.25) is 0 Å². The first-order valence-electron chi connectivity index (χ1n) is 9.42. The van der Waals surface area contributed by atoms with Crippen LogP contribution in [0.2, 0.25) is 0 Å². The molecule has 0 radical (unpaired) electrons. The molecule has 0 spiro atoms. The van der Waals surface area contributed by atoms with E-state index in [-0.39, 0.29) is 0 Å². The third kappa shape index (κ3) is 3.64. The van der Waals surface area contributed by atoms with Crippen LogP contribution in [0.1, 0.15) is 31.0 Å². The number of nitrogens with one attached hydrogen (secondary N) is 1. The first-order chi connectivity index (χ1) is 13.6. The second-order valence-corrected chi connectivity index (χ2v) is 7.09. The molecule has 0 saturated heterocycles. The molecule has 0 atom stereocenters. The molecule has 2 aromatic carbocycles. The maximum Gasteiger partial charge on any atom is 0.162 e. The van der Waals surface area contributed by atoms with Gasteiger partial charge in [0.25, 0.3) is 0 Å². The summed E-state index contributed by atoms with van der Waals surface area (Å²) in [5.74, 6) is 1.86. The molecule has 4 aromatic rings. The molecule has 0 bridgehead atoms. The van der Waals surface area contributed by atoms with E-state index in [9.17, 15) is 0 Å². The number of aromatic nitrogens is 3. The molecule has 28 heavy (non-hydrogen) atoms. The number of nitrogen functional groups attached to an aromatic ring is 1. The molecule has 5 nitrogen and oxygen atoms in total. The Morgan fingerprint density at radius 1 is 0.964 bits per heavy atom. The Bertz CT molecular complexity index is 1110. The Hall–Kier alpha value is -3.47. The van der Waals surface area contributed by atoms with Gasteiger partial charge in [0.05, 0.1) is 17.8 Å². The van der Waals surface area contributed by atoms with Crippen LogP contribution < -0.4 is 11.1 Å². The molecule has 0 aliphatic carbocycles. The van der Waals surface area contributed by atoms with Gasteiger partial charge >= 0.3 is 0 Å². The summed E-state index contributed by atoms with van der Waals surface area (Å²) in [6.45, 7) is 4.94. The van der Waals surface area contributed by atoms with E-state index in [1.807, 2.05) is 42.5 Å². The van der Waals surface area contributed by atoms with Crippen LogP contribution >= 0.6 is 0 Å². The van der Waals surface area contributed by atoms with Crippen molar-refractivity contribution in [2.24, 2.45) is 0 Å². The summed E-state index contributed by atoms with van der Waals surface area (Å²) in [4.78, 5) is 14.1. The van der Waals surface area contributed by atoms with Crippen molar-refractivity contribution >= 4 is 22.4 Å². The Labute approximate surface area is 164 Å². The molecule has 0 aliphatic heterocycles. The van der Waals surface area contributed by atoms with Gasteiger partial charge in [-0.25, -0.2) is 9.97 Å². The van der Waals surface area contributed by atoms with Gasteiger partial charge in [0, 0.05) is 22.8 Å². The number of anilines is 2. The van der Waals surface area contributed by atoms with Crippen LogP contribution in [0.15, 0.2) is 66.9 Å². The van der Waals surface area contributed by atoms with E-state index in [1.165, 1.54) is 5.56 Å². The molecular weight excluding hydrogens is 346 g/mol. The molecule has 0 fully saturated rings. The van der Waals surface area contributed by atoms with Crippen molar-refractivity contribution in [1.82, 2.24) is 15.0 Å². The minimum atomic E-state index is 0.381. The lowest BCUT2D eigenvalue weighted by Gasteiger charge is -2.15. The number of nitrogens with zero attached hydrogens (tertiary/aromatic N) is 3. The van der Waals surface area contributed by atoms with Crippen molar-refractivity contribution in [1.29, 1.82) is 0 Å². The Kier molecular flexibility index (Phi) is 4.89. The van der Waals surface area contributed by atoms with Crippen LogP contribution in [0.4, 0.5) is 11.5 Å². The molecule has 0 saturated carbocycles. The maximum atomic E-state index is 6.02. The number of benzene rings is 2. The SMILES string of the molecule is CC(C)c1ccccc1-c1nc(NCc2ccccn2)c2cc(N)ccc2n1. The number of hydrogen-bond acceptors (Lipinski definition) is 5. The minimum absolute atomic E-state index is 0.381. The van der Waals surface area contributed by atoms with Crippen molar-refractivity contribution in [2.45, 2.75) is 26.3 Å². The fourth-order valence-corrected chi connectivity index (χ4v) is 3.28. The number of fused-ring (bicyclic) bond motifs is 1. The lowest BCUT2D eigenvalue weighted by Crippen LogP contribution is -2.06. The fraction of sp³-hybridized carbons (Fsp3) is 0.174. The standard InChI is InChI=1S/C23H23N5/c1-15(2)18-8-3-4-9-19(18)23-27-21-11-10-16(24)13-20(21)22(28-23)26-14-17-7-5-6-12-25-17/h3-13,15H,14,24H2,1-2H3,(H,26,27,28). The van der Waals surface area contributed by atoms with E-state index in [4.69, 9.17) is 15.7 Å². The molecular formula is C23H23N5. The van der Waals surface area contributed by atoms with Crippen LogP contribution in [0.3, 0.4) is 0 Å². The van der Waals surface area contributed by atoms with E-state index < -0.39 is 0 Å². The first kappa shape index (κ1) is 17.9. The predicted octanol–water partition coefficient (Wildman–Crippen LogP) is 5.01. The second kappa shape index (κ2) is 7.64. The van der Waals surface area contributed by atoms with Crippen molar-refractivity contribution < 1.29 is 0 Å². The highest BCUT2D eigenvalue weighted by Crippen LogP contribution is 2.31. The zero-order valence-electron chi connectivity index (χ0n) is 16.1. The third-order valence-electron chi connectivity index (χ3n) is 4.71. The van der Waals surface area contributed by atoms with Gasteiger partial charge in [-0.3, -0.25) is 4.98 Å². The van der Waals surface area contributed by atoms with E-state index in [0.717, 1.165) is 28.0 Å². The zero-order chi connectivity index (χ0) is 19.5. The molecule has 4 rings (SSSR count). The third-order valence-corrected chi connectivity index (χ3v) is 4.71. The van der Waals surface area contributed by atoms with E-state index >= 15 is 0 Å². The number of hydrogen-bond donors (Lipinski definition) is 2. The highest BCUT2D eigenvalue weighted by molar-refractivity contribution is 5.92. The number of pyridine rings is 1. The molecule has 2 heterocycles. The molecule has 0 unspecified atom stereocenters. The summed E-state index contributed by atoms with van der Waals surface area (Å²) in [6, 6.07) is 19.9. The summed E-state index contributed by atoms with van der Waals surface area (Å²) in [5, 5.41) is 4.33. The lowest BCUT2D eigenvalue weighted by molar-refractivity contribution is 0.866. The first-order valence-corrected chi connectivity index (χ1v) is 9.42. The highest BCUT2D eigenvalue weighted by Gasteiger charge is 2.14. The summed E-state index contributed by atoms with van der Waals surface area (Å²) in [5.41, 5.74) is 10.8. The maximum absolute atomic E-state index is 6.02. The number of rotatable bonds is 5. The van der Waals surface area contributed by atoms with Gasteiger partial charge in [-0.05, 0) is 41.8 Å². The fourth-order valence-electron chi connectivity index (χ4n) is 3.28. The van der Waals surface area contributed by atoms with Gasteiger partial charge < -0.3 is 11.1 Å². The van der Waals surface area contributed by atoms with E-state index in [2.05, 4.69) is 42.3 Å².